The van der Waals surface area contributed by atoms with E-state index in [2.05, 4.69) is 25.5 Å². The zero-order valence-corrected chi connectivity index (χ0v) is 11.2. The third-order valence-corrected chi connectivity index (χ3v) is 2.82. The van der Waals surface area contributed by atoms with E-state index in [1.807, 2.05) is 48.5 Å². The molecule has 2 heterocycles. The average molecular weight is 275 g/mol. The number of pyridine rings is 1. The van der Waals surface area contributed by atoms with E-state index in [1.165, 1.54) is 6.33 Å². The van der Waals surface area contributed by atoms with Gasteiger partial charge >= 0.3 is 0 Å². The van der Waals surface area contributed by atoms with E-state index in [-0.39, 0.29) is 0 Å². The first kappa shape index (κ1) is 12.9. The Bertz CT molecular complexity index is 670. The van der Waals surface area contributed by atoms with Crippen molar-refractivity contribution in [1.29, 1.82) is 0 Å². The van der Waals surface area contributed by atoms with E-state index in [0.717, 1.165) is 17.0 Å². The summed E-state index contributed by atoms with van der Waals surface area (Å²) in [6.45, 7) is 0. The molecule has 5 nitrogen and oxygen atoms in total. The standard InChI is InChI=1S/C16H13N5/c1-2-6-13(7-3-1)16(14-8-4-5-10-18-14)21-20-15-9-11-17-12-19-15/h1-12H,(H,17,19,20)/b21-16-. The first-order valence-electron chi connectivity index (χ1n) is 6.50. The van der Waals surface area contributed by atoms with Crippen molar-refractivity contribution in [2.45, 2.75) is 0 Å². The predicted octanol–water partition coefficient (Wildman–Crippen LogP) is 2.74. The summed E-state index contributed by atoms with van der Waals surface area (Å²) in [4.78, 5) is 12.3. The van der Waals surface area contributed by atoms with Gasteiger partial charge in [-0.05, 0) is 12.1 Å². The maximum atomic E-state index is 4.45. The summed E-state index contributed by atoms with van der Waals surface area (Å²) in [5.74, 6) is 0.634. The SMILES string of the molecule is c1ccc(/C(=N/Nc2ccncn2)c2ccccn2)cc1. The van der Waals surface area contributed by atoms with Gasteiger partial charge in [0.05, 0.1) is 5.69 Å². The Labute approximate surface area is 122 Å². The molecule has 21 heavy (non-hydrogen) atoms. The Morgan fingerprint density at radius 1 is 0.857 bits per heavy atom. The van der Waals surface area contributed by atoms with E-state index in [1.54, 1.807) is 18.5 Å². The van der Waals surface area contributed by atoms with Crippen molar-refractivity contribution < 1.29 is 0 Å². The molecule has 1 aromatic carbocycles. The summed E-state index contributed by atoms with van der Waals surface area (Å²) in [6.07, 6.45) is 4.88. The average Bonchev–Trinajstić information content (AvgIpc) is 2.58. The van der Waals surface area contributed by atoms with Crippen molar-refractivity contribution in [3.05, 3.63) is 84.6 Å². The van der Waals surface area contributed by atoms with Crippen molar-refractivity contribution in [2.75, 3.05) is 5.43 Å². The number of aromatic nitrogens is 3. The fourth-order valence-electron chi connectivity index (χ4n) is 1.84. The van der Waals surface area contributed by atoms with Crippen LogP contribution in [0.5, 0.6) is 0 Å². The molecule has 0 aliphatic rings. The zero-order valence-electron chi connectivity index (χ0n) is 11.2. The van der Waals surface area contributed by atoms with Gasteiger partial charge in [0, 0.05) is 24.0 Å². The molecule has 0 radical (unpaired) electrons. The van der Waals surface area contributed by atoms with Gasteiger partial charge in [0.1, 0.15) is 17.9 Å². The highest BCUT2D eigenvalue weighted by atomic mass is 15.3. The maximum Gasteiger partial charge on any atom is 0.149 e. The molecule has 0 atom stereocenters. The van der Waals surface area contributed by atoms with Crippen molar-refractivity contribution in [2.24, 2.45) is 5.10 Å². The minimum Gasteiger partial charge on any atom is -0.261 e. The number of hydrazone groups is 1. The van der Waals surface area contributed by atoms with Crippen LogP contribution in [-0.4, -0.2) is 20.7 Å². The van der Waals surface area contributed by atoms with Gasteiger partial charge < -0.3 is 0 Å². The molecule has 1 N–H and O–H groups in total. The second-order valence-electron chi connectivity index (χ2n) is 4.25. The van der Waals surface area contributed by atoms with Crippen molar-refractivity contribution in [3.8, 4) is 0 Å². The van der Waals surface area contributed by atoms with Crippen molar-refractivity contribution in [1.82, 2.24) is 15.0 Å². The summed E-state index contributed by atoms with van der Waals surface area (Å²) in [5, 5.41) is 4.45. The molecule has 2 aromatic heterocycles. The number of rotatable bonds is 4. The fourth-order valence-corrected chi connectivity index (χ4v) is 1.84. The van der Waals surface area contributed by atoms with Crippen molar-refractivity contribution >= 4 is 11.5 Å². The van der Waals surface area contributed by atoms with Crippen LogP contribution < -0.4 is 5.43 Å². The van der Waals surface area contributed by atoms with Crippen LogP contribution in [0.4, 0.5) is 5.82 Å². The van der Waals surface area contributed by atoms with Gasteiger partial charge in [-0.3, -0.25) is 10.4 Å². The molecule has 3 rings (SSSR count). The molecule has 0 spiro atoms. The van der Waals surface area contributed by atoms with Gasteiger partial charge in [0.15, 0.2) is 0 Å². The second kappa shape index (κ2) is 6.38. The van der Waals surface area contributed by atoms with Gasteiger partial charge in [0.25, 0.3) is 0 Å². The predicted molar refractivity (Wildman–Crippen MR) is 82.0 cm³/mol. The second-order valence-corrected chi connectivity index (χ2v) is 4.25. The smallest absolute Gasteiger partial charge is 0.149 e. The highest BCUT2D eigenvalue weighted by Gasteiger charge is 2.07. The van der Waals surface area contributed by atoms with Gasteiger partial charge in [-0.15, -0.1) is 0 Å². The van der Waals surface area contributed by atoms with Crippen LogP contribution in [0.2, 0.25) is 0 Å². The summed E-state index contributed by atoms with van der Waals surface area (Å²) in [7, 11) is 0. The third-order valence-electron chi connectivity index (χ3n) is 2.82. The molecule has 0 amide bonds. The molecular weight excluding hydrogens is 262 g/mol. The van der Waals surface area contributed by atoms with E-state index < -0.39 is 0 Å². The van der Waals surface area contributed by atoms with Crippen LogP contribution in [0.1, 0.15) is 11.3 Å². The topological polar surface area (TPSA) is 63.1 Å². The first-order chi connectivity index (χ1) is 10.4. The van der Waals surface area contributed by atoms with Crippen LogP contribution in [0, 0.1) is 0 Å². The molecule has 102 valence electrons. The lowest BCUT2D eigenvalue weighted by Gasteiger charge is -2.07. The van der Waals surface area contributed by atoms with E-state index >= 15 is 0 Å². The molecule has 0 saturated heterocycles. The summed E-state index contributed by atoms with van der Waals surface area (Å²) < 4.78 is 0. The lowest BCUT2D eigenvalue weighted by atomic mass is 10.1. The minimum absolute atomic E-state index is 0.634. The van der Waals surface area contributed by atoms with E-state index in [9.17, 15) is 0 Å². The minimum atomic E-state index is 0.634. The molecule has 5 heteroatoms. The summed E-state index contributed by atoms with van der Waals surface area (Å²) >= 11 is 0. The van der Waals surface area contributed by atoms with Crippen LogP contribution in [0.25, 0.3) is 0 Å². The highest BCUT2D eigenvalue weighted by Crippen LogP contribution is 2.09. The van der Waals surface area contributed by atoms with Crippen LogP contribution in [-0.2, 0) is 0 Å². The van der Waals surface area contributed by atoms with Gasteiger partial charge in [-0.25, -0.2) is 9.97 Å². The number of hydrogen-bond acceptors (Lipinski definition) is 5. The number of nitrogens with zero attached hydrogens (tertiary/aromatic N) is 4. The molecule has 0 unspecified atom stereocenters. The maximum absolute atomic E-state index is 4.45. The van der Waals surface area contributed by atoms with Gasteiger partial charge in [0.2, 0.25) is 0 Å². The van der Waals surface area contributed by atoms with E-state index in [4.69, 9.17) is 0 Å². The number of nitrogens with one attached hydrogen (secondary N) is 1. The fraction of sp³-hybridized carbons (Fsp3) is 0. The molecule has 0 saturated carbocycles. The van der Waals surface area contributed by atoms with Crippen molar-refractivity contribution in [3.63, 3.8) is 0 Å². The van der Waals surface area contributed by atoms with Crippen LogP contribution in [0.3, 0.4) is 0 Å². The largest absolute Gasteiger partial charge is 0.261 e. The number of anilines is 1. The number of benzene rings is 1. The molecule has 3 aromatic rings. The monoisotopic (exact) mass is 275 g/mol. The Morgan fingerprint density at radius 3 is 2.43 bits per heavy atom. The Kier molecular flexibility index (Phi) is 3.93. The highest BCUT2D eigenvalue weighted by molar-refractivity contribution is 6.11. The zero-order chi connectivity index (χ0) is 14.3. The quantitative estimate of drug-likeness (QED) is 0.587. The molecule has 0 aliphatic carbocycles. The van der Waals surface area contributed by atoms with Gasteiger partial charge in [-0.1, -0.05) is 36.4 Å². The molecule has 0 aliphatic heterocycles. The summed E-state index contributed by atoms with van der Waals surface area (Å²) in [6, 6.07) is 17.4. The first-order valence-corrected chi connectivity index (χ1v) is 6.50. The summed E-state index contributed by atoms with van der Waals surface area (Å²) in [5.41, 5.74) is 5.48. The van der Waals surface area contributed by atoms with Crippen LogP contribution in [0.15, 0.2) is 78.4 Å². The Hall–Kier alpha value is -3.08. The van der Waals surface area contributed by atoms with Crippen LogP contribution >= 0.6 is 0 Å². The Morgan fingerprint density at radius 2 is 1.71 bits per heavy atom. The Balaban J connectivity index is 1.97. The third kappa shape index (κ3) is 3.27. The molecule has 0 fully saturated rings. The molecular formula is C16H13N5. The number of hydrogen-bond donors (Lipinski definition) is 1. The van der Waals surface area contributed by atoms with Gasteiger partial charge in [-0.2, -0.15) is 5.10 Å². The normalized spacial score (nSPS) is 11.1. The molecule has 0 bridgehead atoms. The van der Waals surface area contributed by atoms with E-state index in [0.29, 0.717) is 5.82 Å². The lowest BCUT2D eigenvalue weighted by molar-refractivity contribution is 1.13. The lowest BCUT2D eigenvalue weighted by Crippen LogP contribution is -2.08.